The summed E-state index contributed by atoms with van der Waals surface area (Å²) in [5, 5.41) is 5.57. The van der Waals surface area contributed by atoms with Crippen LogP contribution < -0.4 is 24.8 Å². The molecular formula is C31H39Cl2Zr-. The molecule has 0 unspecified atom stereocenters. The van der Waals surface area contributed by atoms with Crippen LogP contribution in [0.1, 0.15) is 92.3 Å². The topological polar surface area (TPSA) is 0 Å². The normalized spacial score (nSPS) is 13.8. The molecular weight excluding hydrogens is 534 g/mol. The van der Waals surface area contributed by atoms with E-state index in [1.54, 1.807) is 24.2 Å². The number of fused-ring (bicyclic) bond motifs is 3. The summed E-state index contributed by atoms with van der Waals surface area (Å²) in [6, 6.07) is 14.2. The van der Waals surface area contributed by atoms with Crippen molar-refractivity contribution in [3.05, 3.63) is 70.3 Å². The first-order chi connectivity index (χ1) is 14.7. The van der Waals surface area contributed by atoms with Crippen molar-refractivity contribution < 1.29 is 49.0 Å². The molecule has 3 heteroatoms. The van der Waals surface area contributed by atoms with Gasteiger partial charge in [-0.25, -0.2) is 0 Å². The maximum absolute atomic E-state index is 2.44. The van der Waals surface area contributed by atoms with E-state index < -0.39 is 0 Å². The fraction of sp³-hybridized carbons (Fsp3) is 0.419. The summed E-state index contributed by atoms with van der Waals surface area (Å²) in [6.07, 6.45) is 3.44. The Morgan fingerprint density at radius 3 is 1.88 bits per heavy atom. The van der Waals surface area contributed by atoms with Crippen LogP contribution in [-0.4, -0.2) is 3.21 Å². The first-order valence-electron chi connectivity index (χ1n) is 11.8. The molecule has 1 aliphatic rings. The molecule has 0 N–H and O–H groups in total. The van der Waals surface area contributed by atoms with E-state index in [4.69, 9.17) is 0 Å². The van der Waals surface area contributed by atoms with Gasteiger partial charge in [0.05, 0.1) is 0 Å². The first-order valence-corrected chi connectivity index (χ1v) is 13.0. The van der Waals surface area contributed by atoms with Crippen molar-refractivity contribution in [2.45, 2.75) is 86.5 Å². The van der Waals surface area contributed by atoms with Crippen molar-refractivity contribution >= 4 is 30.3 Å². The van der Waals surface area contributed by atoms with Crippen molar-refractivity contribution in [1.82, 2.24) is 0 Å². The second kappa shape index (κ2) is 11.5. The maximum Gasteiger partial charge on any atom is -1.00 e. The summed E-state index contributed by atoms with van der Waals surface area (Å²) in [6.45, 7) is 22.7. The fourth-order valence-corrected chi connectivity index (χ4v) is 4.59. The number of hydrogen-bond acceptors (Lipinski definition) is 0. The first kappa shape index (κ1) is 31.2. The smallest absolute Gasteiger partial charge is 1.00 e. The zero-order valence-corrected chi connectivity index (χ0v) is 26.5. The Morgan fingerprint density at radius 2 is 1.41 bits per heavy atom. The molecule has 0 bridgehead atoms. The standard InChI is InChI=1S/C28H33.C3H6.2ClH.Zr/c1-17-9-11-21(18(17)2)26-24-16-19-15-20(27(3,4)5)10-12-22(19)23(24)13-14-25(26)28(6,7)8;1-3-2;;;/h9-10,12-16H,11H2,1-8H3;1-2H3;2*1H;/q-1;;;;+2/p-2. The van der Waals surface area contributed by atoms with E-state index in [1.807, 2.05) is 0 Å². The van der Waals surface area contributed by atoms with E-state index in [1.165, 1.54) is 58.2 Å². The van der Waals surface area contributed by atoms with Gasteiger partial charge >= 0.3 is 41.3 Å². The van der Waals surface area contributed by atoms with Gasteiger partial charge in [-0.2, -0.15) is 0 Å². The molecule has 1 aliphatic carbocycles. The van der Waals surface area contributed by atoms with Crippen molar-refractivity contribution in [3.63, 3.8) is 0 Å². The number of rotatable bonds is 1. The number of benzene rings is 2. The quantitative estimate of drug-likeness (QED) is 0.393. The maximum atomic E-state index is 2.44. The molecule has 182 valence electrons. The molecule has 34 heavy (non-hydrogen) atoms. The van der Waals surface area contributed by atoms with Gasteiger partial charge in [0.25, 0.3) is 0 Å². The number of allylic oxidation sites excluding steroid dienone is 4. The second-order valence-corrected chi connectivity index (χ2v) is 14.0. The van der Waals surface area contributed by atoms with Crippen LogP contribution in [0.25, 0.3) is 27.1 Å². The van der Waals surface area contributed by atoms with Crippen LogP contribution in [-0.2, 0) is 35.1 Å². The molecule has 0 aliphatic heterocycles. The molecule has 0 nitrogen and oxygen atoms in total. The van der Waals surface area contributed by atoms with Crippen LogP contribution in [0.5, 0.6) is 0 Å². The molecule has 0 fully saturated rings. The third-order valence-electron chi connectivity index (χ3n) is 6.52. The number of hydrogen-bond donors (Lipinski definition) is 0. The molecule has 0 heterocycles. The SMILES string of the molecule is CC1=CCC(c2c(C(C)(C)C)ccc3c2[cH-]c2cc(C(C)(C)C)ccc23)=C1C.C[C](C)=[Zr+2].[Cl-].[Cl-]. The fourth-order valence-electron chi connectivity index (χ4n) is 4.59. The van der Waals surface area contributed by atoms with Gasteiger partial charge in [0.1, 0.15) is 0 Å². The summed E-state index contributed by atoms with van der Waals surface area (Å²) >= 11 is 1.55. The van der Waals surface area contributed by atoms with Gasteiger partial charge in [-0.3, -0.25) is 0 Å². The van der Waals surface area contributed by atoms with Crippen LogP contribution in [0.4, 0.5) is 0 Å². The van der Waals surface area contributed by atoms with E-state index in [0.717, 1.165) is 6.42 Å². The Hall–Kier alpha value is -0.877. The summed E-state index contributed by atoms with van der Waals surface area (Å²) in [5.74, 6) is 0. The van der Waals surface area contributed by atoms with E-state index >= 15 is 0 Å². The van der Waals surface area contributed by atoms with Crippen molar-refractivity contribution in [2.75, 3.05) is 0 Å². The minimum absolute atomic E-state index is 0. The molecule has 0 saturated heterocycles. The molecule has 0 spiro atoms. The van der Waals surface area contributed by atoms with E-state index in [-0.39, 0.29) is 35.6 Å². The Balaban J connectivity index is 0.000000895. The van der Waals surface area contributed by atoms with Gasteiger partial charge in [0.15, 0.2) is 0 Å². The molecule has 3 aromatic rings. The Labute approximate surface area is 234 Å². The molecule has 3 aromatic carbocycles. The monoisotopic (exact) mass is 571 g/mol. The minimum atomic E-state index is 0. The molecule has 0 amide bonds. The second-order valence-electron chi connectivity index (χ2n) is 11.6. The van der Waals surface area contributed by atoms with E-state index in [9.17, 15) is 0 Å². The van der Waals surface area contributed by atoms with Gasteiger partial charge < -0.3 is 24.8 Å². The molecule has 0 radical (unpaired) electrons. The summed E-state index contributed by atoms with van der Waals surface area (Å²) in [4.78, 5) is 0. The number of halogens is 2. The van der Waals surface area contributed by atoms with Crippen molar-refractivity contribution in [2.24, 2.45) is 0 Å². The average molecular weight is 574 g/mol. The average Bonchev–Trinajstić information content (AvgIpc) is 3.19. The summed E-state index contributed by atoms with van der Waals surface area (Å²) in [5.41, 5.74) is 9.03. The third kappa shape index (κ3) is 6.46. The van der Waals surface area contributed by atoms with Gasteiger partial charge in [-0.05, 0) is 31.1 Å². The van der Waals surface area contributed by atoms with Gasteiger partial charge in [0, 0.05) is 0 Å². The predicted octanol–water partition coefficient (Wildman–Crippen LogP) is 3.18. The van der Waals surface area contributed by atoms with Crippen molar-refractivity contribution in [1.29, 1.82) is 0 Å². The van der Waals surface area contributed by atoms with Crippen LogP contribution in [0.2, 0.25) is 0 Å². The zero-order chi connectivity index (χ0) is 24.0. The summed E-state index contributed by atoms with van der Waals surface area (Å²) < 4.78 is 1.51. The Morgan fingerprint density at radius 1 is 0.853 bits per heavy atom. The van der Waals surface area contributed by atoms with Crippen LogP contribution >= 0.6 is 0 Å². The predicted molar refractivity (Wildman–Crippen MR) is 142 cm³/mol. The van der Waals surface area contributed by atoms with Crippen LogP contribution in [0, 0.1) is 0 Å². The third-order valence-corrected chi connectivity index (χ3v) is 6.52. The largest absolute Gasteiger partial charge is 1.00 e. The molecule has 0 aromatic heterocycles. The van der Waals surface area contributed by atoms with Gasteiger partial charge in [0.2, 0.25) is 0 Å². The molecule has 0 atom stereocenters. The molecule has 0 saturated carbocycles. The van der Waals surface area contributed by atoms with E-state index in [2.05, 4.69) is 112 Å². The minimum Gasteiger partial charge on any atom is -1.00 e. The van der Waals surface area contributed by atoms with Crippen molar-refractivity contribution in [3.8, 4) is 0 Å². The van der Waals surface area contributed by atoms with Crippen LogP contribution in [0.15, 0.2) is 53.6 Å². The summed E-state index contributed by atoms with van der Waals surface area (Å²) in [7, 11) is 0. The Bertz CT molecular complexity index is 1250. The van der Waals surface area contributed by atoms with E-state index in [0.29, 0.717) is 0 Å². The Kier molecular flexibility index (Phi) is 10.5. The van der Waals surface area contributed by atoms with Gasteiger partial charge in [-0.15, -0.1) is 33.7 Å². The van der Waals surface area contributed by atoms with Gasteiger partial charge in [-0.1, -0.05) is 105 Å². The van der Waals surface area contributed by atoms with Crippen LogP contribution in [0.3, 0.4) is 0 Å². The zero-order valence-electron chi connectivity index (χ0n) is 22.5. The molecule has 4 rings (SSSR count).